The highest BCUT2D eigenvalue weighted by Crippen LogP contribution is 2.41. The minimum absolute atomic E-state index is 0.0389. The first-order valence-electron chi connectivity index (χ1n) is 7.25. The summed E-state index contributed by atoms with van der Waals surface area (Å²) in [6.45, 7) is 0. The maximum absolute atomic E-state index is 12.5. The van der Waals surface area contributed by atoms with E-state index in [0.717, 1.165) is 37.0 Å². The maximum atomic E-state index is 12.5. The molecule has 2 aliphatic rings. The monoisotopic (exact) mass is 300 g/mol. The molecule has 2 heterocycles. The van der Waals surface area contributed by atoms with E-state index in [1.807, 2.05) is 0 Å². The van der Waals surface area contributed by atoms with Crippen molar-refractivity contribution in [2.75, 3.05) is 0 Å². The average molecular weight is 300 g/mol. The van der Waals surface area contributed by atoms with Crippen LogP contribution in [0.2, 0.25) is 0 Å². The van der Waals surface area contributed by atoms with Crippen molar-refractivity contribution in [2.24, 2.45) is 11.8 Å². The van der Waals surface area contributed by atoms with Gasteiger partial charge in [-0.3, -0.25) is 11.3 Å². The predicted molar refractivity (Wildman–Crippen MR) is 72.3 cm³/mol. The lowest BCUT2D eigenvalue weighted by molar-refractivity contribution is -0.137. The number of hydrazine groups is 1. The highest BCUT2D eigenvalue weighted by atomic mass is 19.4. The van der Waals surface area contributed by atoms with Gasteiger partial charge in [0.1, 0.15) is 0 Å². The number of nitrogens with two attached hydrogens (primary N) is 1. The number of ether oxygens (including phenoxy) is 1. The van der Waals surface area contributed by atoms with E-state index in [-0.39, 0.29) is 12.1 Å². The number of alkyl halides is 3. The van der Waals surface area contributed by atoms with E-state index >= 15 is 0 Å². The molecule has 0 aromatic heterocycles. The number of nitrogens with one attached hydrogen (secondary N) is 1. The molecule has 4 unspecified atom stereocenters. The lowest BCUT2D eigenvalue weighted by Gasteiger charge is -2.28. The normalized spacial score (nSPS) is 29.8. The van der Waals surface area contributed by atoms with E-state index in [2.05, 4.69) is 5.43 Å². The van der Waals surface area contributed by atoms with Crippen LogP contribution in [0.15, 0.2) is 24.3 Å². The summed E-state index contributed by atoms with van der Waals surface area (Å²) in [5.74, 6) is 5.99. The highest BCUT2D eigenvalue weighted by molar-refractivity contribution is 5.25. The quantitative estimate of drug-likeness (QED) is 0.664. The Morgan fingerprint density at radius 3 is 2.43 bits per heavy atom. The van der Waals surface area contributed by atoms with Gasteiger partial charge in [-0.25, -0.2) is 0 Å². The van der Waals surface area contributed by atoms with Crippen molar-refractivity contribution in [3.05, 3.63) is 35.4 Å². The van der Waals surface area contributed by atoms with E-state index in [0.29, 0.717) is 18.4 Å². The molecule has 116 valence electrons. The second-order valence-corrected chi connectivity index (χ2v) is 5.95. The standard InChI is InChI=1S/C15H19F3N2O/c16-15(17,18)10-3-1-9(2-4-10)7-13(20-19)12-8-11-5-6-14(12)21-11/h1-4,11-14,20H,5-8,19H2. The Morgan fingerprint density at radius 1 is 1.24 bits per heavy atom. The Balaban J connectivity index is 1.67. The molecule has 3 rings (SSSR count). The summed E-state index contributed by atoms with van der Waals surface area (Å²) in [5.41, 5.74) is 3.06. The van der Waals surface area contributed by atoms with Crippen LogP contribution in [0, 0.1) is 5.92 Å². The number of rotatable bonds is 4. The molecule has 3 nitrogen and oxygen atoms in total. The lowest BCUT2D eigenvalue weighted by Crippen LogP contribution is -2.45. The number of hydrogen-bond acceptors (Lipinski definition) is 3. The molecule has 0 amide bonds. The topological polar surface area (TPSA) is 47.3 Å². The fraction of sp³-hybridized carbons (Fsp3) is 0.600. The maximum Gasteiger partial charge on any atom is 0.416 e. The van der Waals surface area contributed by atoms with E-state index in [4.69, 9.17) is 10.6 Å². The van der Waals surface area contributed by atoms with Crippen molar-refractivity contribution in [3.8, 4) is 0 Å². The van der Waals surface area contributed by atoms with Gasteiger partial charge in [0.05, 0.1) is 17.8 Å². The van der Waals surface area contributed by atoms with Crippen molar-refractivity contribution < 1.29 is 17.9 Å². The second kappa shape index (κ2) is 5.59. The van der Waals surface area contributed by atoms with Crippen molar-refractivity contribution in [2.45, 2.75) is 50.1 Å². The van der Waals surface area contributed by atoms with Gasteiger partial charge in [0.15, 0.2) is 0 Å². The molecule has 0 spiro atoms. The van der Waals surface area contributed by atoms with Crippen LogP contribution in [-0.4, -0.2) is 18.2 Å². The third kappa shape index (κ3) is 3.07. The summed E-state index contributed by atoms with van der Waals surface area (Å²) < 4.78 is 43.5. The van der Waals surface area contributed by atoms with E-state index in [9.17, 15) is 13.2 Å². The molecular formula is C15H19F3N2O. The Bertz CT molecular complexity index is 489. The molecule has 2 bridgehead atoms. The molecule has 0 radical (unpaired) electrons. The van der Waals surface area contributed by atoms with Gasteiger partial charge in [-0.05, 0) is 43.4 Å². The minimum atomic E-state index is -4.29. The van der Waals surface area contributed by atoms with E-state index in [1.54, 1.807) is 0 Å². The lowest BCUT2D eigenvalue weighted by atomic mass is 9.81. The third-order valence-corrected chi connectivity index (χ3v) is 4.62. The molecule has 4 atom stereocenters. The van der Waals surface area contributed by atoms with E-state index < -0.39 is 11.7 Å². The molecule has 3 N–H and O–H groups in total. The first-order valence-corrected chi connectivity index (χ1v) is 7.25. The zero-order valence-electron chi connectivity index (χ0n) is 11.6. The van der Waals surface area contributed by atoms with Crippen LogP contribution in [0.3, 0.4) is 0 Å². The van der Waals surface area contributed by atoms with Crippen LogP contribution in [0.1, 0.15) is 30.4 Å². The van der Waals surface area contributed by atoms with Gasteiger partial charge in [-0.15, -0.1) is 0 Å². The molecule has 1 aromatic carbocycles. The molecular weight excluding hydrogens is 281 g/mol. The fourth-order valence-corrected chi connectivity index (χ4v) is 3.52. The van der Waals surface area contributed by atoms with Crippen molar-refractivity contribution in [3.63, 3.8) is 0 Å². The summed E-state index contributed by atoms with van der Waals surface area (Å²) in [4.78, 5) is 0. The number of fused-ring (bicyclic) bond motifs is 2. The highest BCUT2D eigenvalue weighted by Gasteiger charge is 2.44. The molecule has 21 heavy (non-hydrogen) atoms. The van der Waals surface area contributed by atoms with Crippen molar-refractivity contribution in [1.82, 2.24) is 5.43 Å². The van der Waals surface area contributed by atoms with Crippen LogP contribution >= 0.6 is 0 Å². The predicted octanol–water partition coefficient (Wildman–Crippen LogP) is 2.65. The smallest absolute Gasteiger partial charge is 0.375 e. The van der Waals surface area contributed by atoms with Gasteiger partial charge in [-0.2, -0.15) is 13.2 Å². The fourth-order valence-electron chi connectivity index (χ4n) is 3.52. The number of benzene rings is 1. The molecule has 1 aromatic rings. The van der Waals surface area contributed by atoms with Gasteiger partial charge >= 0.3 is 6.18 Å². The van der Waals surface area contributed by atoms with Crippen LogP contribution in [-0.2, 0) is 17.3 Å². The first kappa shape index (κ1) is 14.8. The number of halogens is 3. The molecule has 0 saturated carbocycles. The average Bonchev–Trinajstić information content (AvgIpc) is 3.07. The van der Waals surface area contributed by atoms with Gasteiger partial charge in [0, 0.05) is 12.0 Å². The second-order valence-electron chi connectivity index (χ2n) is 5.95. The van der Waals surface area contributed by atoms with Crippen molar-refractivity contribution >= 4 is 0 Å². The first-order chi connectivity index (χ1) is 9.97. The summed E-state index contributed by atoms with van der Waals surface area (Å²) in [6, 6.07) is 5.35. The summed E-state index contributed by atoms with van der Waals surface area (Å²) >= 11 is 0. The largest absolute Gasteiger partial charge is 0.416 e. The SMILES string of the molecule is NNC(Cc1ccc(C(F)(F)F)cc1)C1CC2CCC1O2. The van der Waals surface area contributed by atoms with Crippen LogP contribution in [0.25, 0.3) is 0 Å². The Morgan fingerprint density at radius 2 is 1.95 bits per heavy atom. The molecule has 2 saturated heterocycles. The van der Waals surface area contributed by atoms with Crippen LogP contribution < -0.4 is 11.3 Å². The van der Waals surface area contributed by atoms with Crippen molar-refractivity contribution in [1.29, 1.82) is 0 Å². The third-order valence-electron chi connectivity index (χ3n) is 4.62. The minimum Gasteiger partial charge on any atom is -0.375 e. The zero-order chi connectivity index (χ0) is 15.0. The van der Waals surface area contributed by atoms with Crippen LogP contribution in [0.4, 0.5) is 13.2 Å². The van der Waals surface area contributed by atoms with Gasteiger partial charge in [-0.1, -0.05) is 12.1 Å². The van der Waals surface area contributed by atoms with Gasteiger partial charge in [0.2, 0.25) is 0 Å². The molecule has 2 fully saturated rings. The summed E-state index contributed by atoms with van der Waals surface area (Å²) in [7, 11) is 0. The number of hydrogen-bond donors (Lipinski definition) is 2. The van der Waals surface area contributed by atoms with Crippen LogP contribution in [0.5, 0.6) is 0 Å². The van der Waals surface area contributed by atoms with Gasteiger partial charge < -0.3 is 4.74 Å². The zero-order valence-corrected chi connectivity index (χ0v) is 11.6. The Hall–Kier alpha value is -1.11. The molecule has 2 aliphatic heterocycles. The Labute approximate surface area is 121 Å². The summed E-state index contributed by atoms with van der Waals surface area (Å²) in [5, 5.41) is 0. The molecule has 6 heteroatoms. The Kier molecular flexibility index (Phi) is 3.94. The van der Waals surface area contributed by atoms with E-state index in [1.165, 1.54) is 12.1 Å². The summed E-state index contributed by atoms with van der Waals surface area (Å²) in [6.07, 6.45) is 0.0577. The molecule has 0 aliphatic carbocycles. The van der Waals surface area contributed by atoms with Gasteiger partial charge in [0.25, 0.3) is 0 Å².